The van der Waals surface area contributed by atoms with Crippen molar-refractivity contribution in [1.82, 2.24) is 5.32 Å². The van der Waals surface area contributed by atoms with Crippen LogP contribution in [0.15, 0.2) is 40.4 Å². The summed E-state index contributed by atoms with van der Waals surface area (Å²) >= 11 is 5.42. The maximum Gasteiger partial charge on any atom is 0.335 e. The van der Waals surface area contributed by atoms with Gasteiger partial charge in [-0.05, 0) is 84.0 Å². The molecule has 9 heteroatoms. The fraction of sp³-hybridized carbons (Fsp3) is 0.174. The molecule has 0 aliphatic carbocycles. The summed E-state index contributed by atoms with van der Waals surface area (Å²) in [4.78, 5) is 39.1. The molecule has 2 aromatic carbocycles. The normalized spacial score (nSPS) is 14.9. The zero-order chi connectivity index (χ0) is 23.4. The molecule has 164 valence electrons. The molecule has 0 radical (unpaired) electrons. The van der Waals surface area contributed by atoms with Gasteiger partial charge in [-0.3, -0.25) is 14.9 Å². The van der Waals surface area contributed by atoms with Crippen LogP contribution in [0.4, 0.5) is 10.5 Å². The molecule has 1 heterocycles. The van der Waals surface area contributed by atoms with E-state index in [1.165, 1.54) is 6.08 Å². The summed E-state index contributed by atoms with van der Waals surface area (Å²) in [5.41, 5.74) is 1.44. The van der Waals surface area contributed by atoms with Gasteiger partial charge in [0.15, 0.2) is 11.5 Å². The molecular formula is C23H18BrIN2O5. The molecule has 1 aliphatic rings. The Balaban J connectivity index is 2.05. The van der Waals surface area contributed by atoms with Gasteiger partial charge in [0, 0.05) is 4.47 Å². The third-order valence-corrected chi connectivity index (χ3v) is 5.74. The summed E-state index contributed by atoms with van der Waals surface area (Å²) in [7, 11) is 0. The highest BCUT2D eigenvalue weighted by Crippen LogP contribution is 2.35. The van der Waals surface area contributed by atoms with Gasteiger partial charge < -0.3 is 9.47 Å². The monoisotopic (exact) mass is 608 g/mol. The second-order valence-corrected chi connectivity index (χ2v) is 8.72. The van der Waals surface area contributed by atoms with Crippen LogP contribution < -0.4 is 19.7 Å². The number of amides is 4. The van der Waals surface area contributed by atoms with Crippen LogP contribution in [0.3, 0.4) is 0 Å². The van der Waals surface area contributed by atoms with Crippen LogP contribution in [0, 0.1) is 22.8 Å². The van der Waals surface area contributed by atoms with Gasteiger partial charge in [-0.15, -0.1) is 6.42 Å². The van der Waals surface area contributed by atoms with Gasteiger partial charge in [-0.1, -0.05) is 21.9 Å². The average molecular weight is 609 g/mol. The van der Waals surface area contributed by atoms with Crippen molar-refractivity contribution in [2.45, 2.75) is 13.8 Å². The molecule has 7 nitrogen and oxygen atoms in total. The van der Waals surface area contributed by atoms with E-state index in [1.807, 2.05) is 6.92 Å². The Morgan fingerprint density at radius 2 is 1.97 bits per heavy atom. The standard InChI is InChI=1S/C23H18BrIN2O5/c1-4-8-32-20-17(25)11-14(12-19(20)31-5-2)10-16-21(28)26-23(30)27(22(16)29)18-7-6-15(24)9-13(18)3/h1,6-7,9-12H,5,8H2,2-3H3,(H,26,28,30)/b16-10-. The molecule has 0 saturated carbocycles. The number of nitrogens with zero attached hydrogens (tertiary/aromatic N) is 1. The summed E-state index contributed by atoms with van der Waals surface area (Å²) in [6.45, 7) is 4.05. The van der Waals surface area contributed by atoms with E-state index < -0.39 is 17.8 Å². The third-order valence-electron chi connectivity index (χ3n) is 4.44. The Hall–Kier alpha value is -2.84. The quantitative estimate of drug-likeness (QED) is 0.227. The van der Waals surface area contributed by atoms with Crippen molar-refractivity contribution < 1.29 is 23.9 Å². The van der Waals surface area contributed by atoms with E-state index >= 15 is 0 Å². The van der Waals surface area contributed by atoms with E-state index in [0.29, 0.717) is 38.5 Å². The molecule has 32 heavy (non-hydrogen) atoms. The Kier molecular flexibility index (Phi) is 7.58. The molecular weight excluding hydrogens is 591 g/mol. The lowest BCUT2D eigenvalue weighted by atomic mass is 10.1. The number of anilines is 1. The minimum absolute atomic E-state index is 0.0705. The fourth-order valence-electron chi connectivity index (χ4n) is 3.10. The highest BCUT2D eigenvalue weighted by Gasteiger charge is 2.37. The molecule has 0 atom stereocenters. The number of nitrogens with one attached hydrogen (secondary N) is 1. The number of barbiturate groups is 1. The molecule has 2 aromatic rings. The predicted octanol–water partition coefficient (Wildman–Crippen LogP) is 4.44. The summed E-state index contributed by atoms with van der Waals surface area (Å²) < 4.78 is 12.7. The van der Waals surface area contributed by atoms with Gasteiger partial charge in [0.25, 0.3) is 11.8 Å². The molecule has 3 rings (SSSR count). The molecule has 1 saturated heterocycles. The van der Waals surface area contributed by atoms with E-state index in [2.05, 4.69) is 49.8 Å². The maximum absolute atomic E-state index is 13.2. The lowest BCUT2D eigenvalue weighted by Crippen LogP contribution is -2.54. The van der Waals surface area contributed by atoms with Gasteiger partial charge >= 0.3 is 6.03 Å². The molecule has 0 spiro atoms. The van der Waals surface area contributed by atoms with Gasteiger partial charge in [-0.2, -0.15) is 0 Å². The van der Waals surface area contributed by atoms with Crippen molar-refractivity contribution in [1.29, 1.82) is 0 Å². The topological polar surface area (TPSA) is 84.9 Å². The van der Waals surface area contributed by atoms with Crippen LogP contribution in [0.25, 0.3) is 6.08 Å². The van der Waals surface area contributed by atoms with E-state index in [4.69, 9.17) is 15.9 Å². The number of carbonyl (C=O) groups excluding carboxylic acids is 3. The van der Waals surface area contributed by atoms with Crippen molar-refractivity contribution in [3.8, 4) is 23.8 Å². The molecule has 0 bridgehead atoms. The van der Waals surface area contributed by atoms with Crippen LogP contribution in [0.5, 0.6) is 11.5 Å². The zero-order valence-corrected chi connectivity index (χ0v) is 20.9. The number of urea groups is 1. The number of benzene rings is 2. The van der Waals surface area contributed by atoms with Crippen molar-refractivity contribution >= 4 is 68.1 Å². The highest BCUT2D eigenvalue weighted by atomic mass is 127. The van der Waals surface area contributed by atoms with E-state index in [1.54, 1.807) is 37.3 Å². The second-order valence-electron chi connectivity index (χ2n) is 6.64. The number of rotatable bonds is 6. The Morgan fingerprint density at radius 1 is 1.22 bits per heavy atom. The van der Waals surface area contributed by atoms with Crippen LogP contribution in [-0.4, -0.2) is 31.1 Å². The van der Waals surface area contributed by atoms with Crippen molar-refractivity contribution in [2.75, 3.05) is 18.1 Å². The van der Waals surface area contributed by atoms with E-state index in [9.17, 15) is 14.4 Å². The third kappa shape index (κ3) is 4.97. The van der Waals surface area contributed by atoms with Gasteiger partial charge in [0.2, 0.25) is 0 Å². The molecule has 4 amide bonds. The number of ether oxygens (including phenoxy) is 2. The van der Waals surface area contributed by atoms with Crippen molar-refractivity contribution in [3.05, 3.63) is 55.1 Å². The minimum atomic E-state index is -0.801. The van der Waals surface area contributed by atoms with Gasteiger partial charge in [0.05, 0.1) is 15.9 Å². The number of hydrogen-bond acceptors (Lipinski definition) is 5. The van der Waals surface area contributed by atoms with Crippen molar-refractivity contribution in [3.63, 3.8) is 0 Å². The summed E-state index contributed by atoms with van der Waals surface area (Å²) in [5.74, 6) is 1.83. The first-order valence-corrected chi connectivity index (χ1v) is 11.3. The molecule has 0 aromatic heterocycles. The largest absolute Gasteiger partial charge is 0.490 e. The minimum Gasteiger partial charge on any atom is -0.490 e. The summed E-state index contributed by atoms with van der Waals surface area (Å²) in [5, 5.41) is 2.23. The van der Waals surface area contributed by atoms with Gasteiger partial charge in [0.1, 0.15) is 12.2 Å². The fourth-order valence-corrected chi connectivity index (χ4v) is 4.36. The smallest absolute Gasteiger partial charge is 0.335 e. The zero-order valence-electron chi connectivity index (χ0n) is 17.2. The van der Waals surface area contributed by atoms with Crippen LogP contribution in [0.1, 0.15) is 18.1 Å². The van der Waals surface area contributed by atoms with Crippen molar-refractivity contribution in [2.24, 2.45) is 0 Å². The maximum atomic E-state index is 13.2. The SMILES string of the molecule is C#CCOc1c(I)cc(/C=C2/C(=O)NC(=O)N(c3ccc(Br)cc3C)C2=O)cc1OCC. The molecule has 1 N–H and O–H groups in total. The molecule has 1 fully saturated rings. The predicted molar refractivity (Wildman–Crippen MR) is 133 cm³/mol. The van der Waals surface area contributed by atoms with Gasteiger partial charge in [-0.25, -0.2) is 9.69 Å². The number of carbonyl (C=O) groups is 3. The summed E-state index contributed by atoms with van der Waals surface area (Å²) in [6.07, 6.45) is 6.70. The Morgan fingerprint density at radius 3 is 2.62 bits per heavy atom. The summed E-state index contributed by atoms with van der Waals surface area (Å²) in [6, 6.07) is 7.71. The van der Waals surface area contributed by atoms with Crippen LogP contribution in [0.2, 0.25) is 0 Å². The molecule has 1 aliphatic heterocycles. The highest BCUT2D eigenvalue weighted by molar-refractivity contribution is 14.1. The lowest BCUT2D eigenvalue weighted by molar-refractivity contribution is -0.122. The first-order chi connectivity index (χ1) is 15.3. The number of terminal acetylenes is 1. The number of hydrogen-bond donors (Lipinski definition) is 1. The number of halogens is 2. The van der Waals surface area contributed by atoms with Crippen LogP contribution in [-0.2, 0) is 9.59 Å². The second kappa shape index (κ2) is 10.2. The van der Waals surface area contributed by atoms with E-state index in [-0.39, 0.29) is 12.2 Å². The van der Waals surface area contributed by atoms with Crippen LogP contribution >= 0.6 is 38.5 Å². The number of imide groups is 2. The first kappa shape index (κ1) is 23.8. The molecule has 0 unspecified atom stereocenters. The lowest BCUT2D eigenvalue weighted by Gasteiger charge is -2.27. The average Bonchev–Trinajstić information content (AvgIpc) is 2.72. The first-order valence-electron chi connectivity index (χ1n) is 9.47. The Bertz CT molecular complexity index is 1190. The Labute approximate surface area is 207 Å². The van der Waals surface area contributed by atoms with E-state index in [0.717, 1.165) is 9.37 Å². The number of aryl methyl sites for hydroxylation is 1.